The lowest BCUT2D eigenvalue weighted by molar-refractivity contribution is -0.148. The molecule has 1 amide bonds. The molecule has 1 atom stereocenters. The lowest BCUT2D eigenvalue weighted by atomic mass is 10.1. The van der Waals surface area contributed by atoms with Gasteiger partial charge in [-0.15, -0.1) is 0 Å². The third kappa shape index (κ3) is 2.58. The molecule has 5 heteroatoms. The maximum Gasteiger partial charge on any atom is 0.326 e. The average molecular weight is 300 g/mol. The Kier molecular flexibility index (Phi) is 3.88. The van der Waals surface area contributed by atoms with E-state index in [0.29, 0.717) is 25.8 Å². The van der Waals surface area contributed by atoms with Crippen molar-refractivity contribution in [2.45, 2.75) is 38.6 Å². The van der Waals surface area contributed by atoms with Crippen molar-refractivity contribution in [3.05, 3.63) is 35.5 Å². The van der Waals surface area contributed by atoms with E-state index in [0.717, 1.165) is 22.9 Å². The standard InChI is InChI=1S/C17H20N2O3/c1-11-4-2-5-13-12(10-18-16(11)13)7-8-15(20)19-9-3-6-14(19)17(21)22/h2,4-5,10,14,18H,3,6-9H2,1H3,(H,21,22)/t14-/m0/s1. The summed E-state index contributed by atoms with van der Waals surface area (Å²) in [5.74, 6) is -0.958. The molecule has 3 rings (SSSR count). The number of likely N-dealkylation sites (tertiary alicyclic amines) is 1. The van der Waals surface area contributed by atoms with Crippen LogP contribution in [-0.4, -0.2) is 39.5 Å². The van der Waals surface area contributed by atoms with Gasteiger partial charge in [-0.25, -0.2) is 4.79 Å². The molecule has 22 heavy (non-hydrogen) atoms. The number of hydrogen-bond acceptors (Lipinski definition) is 2. The number of carbonyl (C=O) groups is 2. The molecule has 116 valence electrons. The van der Waals surface area contributed by atoms with Gasteiger partial charge in [0, 0.05) is 30.1 Å². The van der Waals surface area contributed by atoms with E-state index in [-0.39, 0.29) is 5.91 Å². The summed E-state index contributed by atoms with van der Waals surface area (Å²) in [7, 11) is 0. The van der Waals surface area contributed by atoms with Gasteiger partial charge in [0.25, 0.3) is 0 Å². The molecule has 1 aliphatic heterocycles. The fourth-order valence-corrected chi connectivity index (χ4v) is 3.28. The molecule has 0 radical (unpaired) electrons. The highest BCUT2D eigenvalue weighted by molar-refractivity contribution is 5.87. The van der Waals surface area contributed by atoms with Gasteiger partial charge in [0.05, 0.1) is 0 Å². The molecule has 2 aromatic rings. The molecule has 0 unspecified atom stereocenters. The summed E-state index contributed by atoms with van der Waals surface area (Å²) in [5.41, 5.74) is 3.40. The molecule has 2 N–H and O–H groups in total. The Hall–Kier alpha value is -2.30. The van der Waals surface area contributed by atoms with Crippen molar-refractivity contribution in [2.24, 2.45) is 0 Å². The first-order valence-corrected chi connectivity index (χ1v) is 7.66. The number of benzene rings is 1. The van der Waals surface area contributed by atoms with Gasteiger partial charge in [-0.1, -0.05) is 18.2 Å². The van der Waals surface area contributed by atoms with Crippen molar-refractivity contribution in [2.75, 3.05) is 6.54 Å². The van der Waals surface area contributed by atoms with Crippen LogP contribution in [0.5, 0.6) is 0 Å². The van der Waals surface area contributed by atoms with Crippen molar-refractivity contribution in [1.29, 1.82) is 0 Å². The Labute approximate surface area is 128 Å². The summed E-state index contributed by atoms with van der Waals surface area (Å²) in [6, 6.07) is 5.47. The van der Waals surface area contributed by atoms with Crippen LogP contribution in [-0.2, 0) is 16.0 Å². The third-order valence-electron chi connectivity index (χ3n) is 4.48. The van der Waals surface area contributed by atoms with Crippen LogP contribution in [0.2, 0.25) is 0 Å². The van der Waals surface area contributed by atoms with E-state index in [1.165, 1.54) is 10.5 Å². The van der Waals surface area contributed by atoms with Crippen LogP contribution >= 0.6 is 0 Å². The fraction of sp³-hybridized carbons (Fsp3) is 0.412. The highest BCUT2D eigenvalue weighted by Crippen LogP contribution is 2.24. The van der Waals surface area contributed by atoms with E-state index in [1.807, 2.05) is 12.3 Å². The number of carboxylic acids is 1. The predicted molar refractivity (Wildman–Crippen MR) is 83.7 cm³/mol. The van der Waals surface area contributed by atoms with Crippen LogP contribution in [0.3, 0.4) is 0 Å². The Balaban J connectivity index is 1.70. The zero-order valence-electron chi connectivity index (χ0n) is 12.6. The molecule has 5 nitrogen and oxygen atoms in total. The first-order valence-electron chi connectivity index (χ1n) is 7.66. The zero-order valence-corrected chi connectivity index (χ0v) is 12.6. The number of aliphatic carboxylic acids is 1. The lowest BCUT2D eigenvalue weighted by Gasteiger charge is -2.21. The minimum Gasteiger partial charge on any atom is -0.480 e. The molecule has 1 aromatic heterocycles. The maximum absolute atomic E-state index is 12.3. The summed E-state index contributed by atoms with van der Waals surface area (Å²) in [5, 5.41) is 10.3. The monoisotopic (exact) mass is 300 g/mol. The largest absolute Gasteiger partial charge is 0.480 e. The summed E-state index contributed by atoms with van der Waals surface area (Å²) in [4.78, 5) is 28.2. The van der Waals surface area contributed by atoms with E-state index in [1.54, 1.807) is 0 Å². The number of rotatable bonds is 4. The molecule has 1 aromatic carbocycles. The zero-order chi connectivity index (χ0) is 15.7. The quantitative estimate of drug-likeness (QED) is 0.911. The third-order valence-corrected chi connectivity index (χ3v) is 4.48. The van der Waals surface area contributed by atoms with Crippen molar-refractivity contribution in [1.82, 2.24) is 9.88 Å². The van der Waals surface area contributed by atoms with Crippen LogP contribution < -0.4 is 0 Å². The molecule has 0 bridgehead atoms. The second-order valence-corrected chi connectivity index (χ2v) is 5.89. The number of nitrogens with one attached hydrogen (secondary N) is 1. The van der Waals surface area contributed by atoms with Gasteiger partial charge in [-0.2, -0.15) is 0 Å². The van der Waals surface area contributed by atoms with Crippen LogP contribution in [0.15, 0.2) is 24.4 Å². The topological polar surface area (TPSA) is 73.4 Å². The lowest BCUT2D eigenvalue weighted by Crippen LogP contribution is -2.40. The van der Waals surface area contributed by atoms with Crippen molar-refractivity contribution >= 4 is 22.8 Å². The second kappa shape index (κ2) is 5.83. The Morgan fingerprint density at radius 3 is 3.00 bits per heavy atom. The number of aryl methyl sites for hydroxylation is 2. The van der Waals surface area contributed by atoms with Crippen LogP contribution in [0.25, 0.3) is 10.9 Å². The number of aromatic nitrogens is 1. The van der Waals surface area contributed by atoms with Gasteiger partial charge < -0.3 is 15.0 Å². The molecular weight excluding hydrogens is 280 g/mol. The number of H-pyrrole nitrogens is 1. The molecule has 2 heterocycles. The molecule has 1 aliphatic rings. The number of fused-ring (bicyclic) bond motifs is 1. The van der Waals surface area contributed by atoms with Gasteiger partial charge in [-0.3, -0.25) is 4.79 Å². The summed E-state index contributed by atoms with van der Waals surface area (Å²) >= 11 is 0. The summed E-state index contributed by atoms with van der Waals surface area (Å²) in [6.07, 6.45) is 4.27. The highest BCUT2D eigenvalue weighted by atomic mass is 16.4. The highest BCUT2D eigenvalue weighted by Gasteiger charge is 2.33. The Morgan fingerprint density at radius 1 is 1.41 bits per heavy atom. The second-order valence-electron chi connectivity index (χ2n) is 5.89. The van der Waals surface area contributed by atoms with Gasteiger partial charge in [-0.05, 0) is 37.3 Å². The maximum atomic E-state index is 12.3. The van der Waals surface area contributed by atoms with E-state index in [2.05, 4.69) is 24.0 Å². The minimum atomic E-state index is -0.895. The van der Waals surface area contributed by atoms with Gasteiger partial charge in [0.1, 0.15) is 6.04 Å². The number of amides is 1. The number of hydrogen-bond donors (Lipinski definition) is 2. The van der Waals surface area contributed by atoms with Crippen molar-refractivity contribution in [3.63, 3.8) is 0 Å². The number of nitrogens with zero attached hydrogens (tertiary/aromatic N) is 1. The fourth-order valence-electron chi connectivity index (χ4n) is 3.28. The number of para-hydroxylation sites is 1. The van der Waals surface area contributed by atoms with Crippen LogP contribution in [0, 0.1) is 6.92 Å². The smallest absolute Gasteiger partial charge is 0.326 e. The molecular formula is C17H20N2O3. The average Bonchev–Trinajstić information content (AvgIpc) is 3.12. The molecule has 1 saturated heterocycles. The van der Waals surface area contributed by atoms with Crippen LogP contribution in [0.4, 0.5) is 0 Å². The first-order chi connectivity index (χ1) is 10.6. The normalized spacial score (nSPS) is 18.0. The first kappa shape index (κ1) is 14.6. The van der Waals surface area contributed by atoms with E-state index in [9.17, 15) is 9.59 Å². The number of carbonyl (C=O) groups excluding carboxylic acids is 1. The number of aromatic amines is 1. The molecule has 1 fully saturated rings. The van der Waals surface area contributed by atoms with Gasteiger partial charge in [0.2, 0.25) is 5.91 Å². The van der Waals surface area contributed by atoms with Gasteiger partial charge in [0.15, 0.2) is 0 Å². The van der Waals surface area contributed by atoms with E-state index >= 15 is 0 Å². The van der Waals surface area contributed by atoms with Crippen molar-refractivity contribution < 1.29 is 14.7 Å². The van der Waals surface area contributed by atoms with Gasteiger partial charge >= 0.3 is 5.97 Å². The van der Waals surface area contributed by atoms with Crippen molar-refractivity contribution in [3.8, 4) is 0 Å². The summed E-state index contributed by atoms with van der Waals surface area (Å²) in [6.45, 7) is 2.61. The minimum absolute atomic E-state index is 0.0631. The van der Waals surface area contributed by atoms with E-state index < -0.39 is 12.0 Å². The Morgan fingerprint density at radius 2 is 2.23 bits per heavy atom. The molecule has 0 aliphatic carbocycles. The van der Waals surface area contributed by atoms with Crippen LogP contribution in [0.1, 0.15) is 30.4 Å². The molecule has 0 spiro atoms. The number of carboxylic acid groups (broad SMARTS) is 1. The molecule has 0 saturated carbocycles. The predicted octanol–water partition coefficient (Wildman–Crippen LogP) is 2.48. The Bertz CT molecular complexity index is 720. The SMILES string of the molecule is Cc1cccc2c(CCC(=O)N3CCC[C@H]3C(=O)O)c[nH]c12. The van der Waals surface area contributed by atoms with E-state index in [4.69, 9.17) is 5.11 Å². The summed E-state index contributed by atoms with van der Waals surface area (Å²) < 4.78 is 0.